The molecule has 0 spiro atoms. The fraction of sp³-hybridized carbons (Fsp3) is 0.231. The highest BCUT2D eigenvalue weighted by molar-refractivity contribution is 7.80. The lowest BCUT2D eigenvalue weighted by atomic mass is 10.3. The van der Waals surface area contributed by atoms with Gasteiger partial charge in [-0.05, 0) is 12.1 Å². The third-order valence-corrected chi connectivity index (χ3v) is 4.07. The number of fused-ring (bicyclic) bond motifs is 1. The summed E-state index contributed by atoms with van der Waals surface area (Å²) in [7, 11) is 0. The molecule has 0 fully saturated rings. The summed E-state index contributed by atoms with van der Waals surface area (Å²) in [6.45, 7) is 3.73. The number of hydrogen-bond donors (Lipinski definition) is 1. The van der Waals surface area contributed by atoms with Crippen molar-refractivity contribution in [1.82, 2.24) is 4.98 Å². The number of ether oxygens (including phenoxy) is 1. The molecule has 1 unspecified atom stereocenters. The lowest BCUT2D eigenvalue weighted by molar-refractivity contribution is -0.142. The highest BCUT2D eigenvalue weighted by Crippen LogP contribution is 2.31. The molecule has 94 valence electrons. The molecule has 0 saturated carbocycles. The molecule has 0 amide bonds. The number of para-hydroxylation sites is 1. The van der Waals surface area contributed by atoms with E-state index in [1.165, 1.54) is 0 Å². The monoisotopic (exact) mass is 279 g/mol. The first-order valence-corrected chi connectivity index (χ1v) is 6.84. The van der Waals surface area contributed by atoms with Gasteiger partial charge in [0.25, 0.3) is 0 Å². The average Bonchev–Trinajstić information content (AvgIpc) is 2.80. The van der Waals surface area contributed by atoms with Crippen LogP contribution < -0.4 is 0 Å². The van der Waals surface area contributed by atoms with E-state index in [0.717, 1.165) is 15.2 Å². The summed E-state index contributed by atoms with van der Waals surface area (Å²) in [6.07, 6.45) is 1.76. The lowest BCUT2D eigenvalue weighted by Gasteiger charge is -2.06. The maximum absolute atomic E-state index is 11.5. The number of thiol groups is 1. The van der Waals surface area contributed by atoms with Gasteiger partial charge < -0.3 is 4.74 Å². The maximum atomic E-state index is 11.5. The van der Waals surface area contributed by atoms with Crippen molar-refractivity contribution in [2.45, 2.75) is 11.7 Å². The van der Waals surface area contributed by atoms with E-state index in [4.69, 9.17) is 4.74 Å². The third-order valence-electron chi connectivity index (χ3n) is 2.32. The summed E-state index contributed by atoms with van der Waals surface area (Å²) in [5.41, 5.74) is 0.941. The standard InChI is InChI=1S/C13H13NO2S2/c1-2-7-16-12(15)8-10(17)13-14-9-5-3-4-6-11(9)18-13/h2-6,10,17H,1,7-8H2. The smallest absolute Gasteiger partial charge is 0.307 e. The van der Waals surface area contributed by atoms with Gasteiger partial charge in [-0.25, -0.2) is 4.98 Å². The third kappa shape index (κ3) is 3.11. The number of rotatable bonds is 5. The van der Waals surface area contributed by atoms with E-state index in [1.54, 1.807) is 17.4 Å². The van der Waals surface area contributed by atoms with Gasteiger partial charge in [-0.15, -0.1) is 11.3 Å². The van der Waals surface area contributed by atoms with Crippen LogP contribution in [0.3, 0.4) is 0 Å². The summed E-state index contributed by atoms with van der Waals surface area (Å²) >= 11 is 5.97. The molecule has 0 N–H and O–H groups in total. The fourth-order valence-electron chi connectivity index (χ4n) is 1.49. The Balaban J connectivity index is 2.06. The quantitative estimate of drug-likeness (QED) is 0.518. The molecule has 5 heteroatoms. The van der Waals surface area contributed by atoms with Gasteiger partial charge in [-0.2, -0.15) is 12.6 Å². The second kappa shape index (κ2) is 6.02. The minimum absolute atomic E-state index is 0.219. The van der Waals surface area contributed by atoms with Crippen molar-refractivity contribution >= 4 is 40.2 Å². The molecule has 0 bridgehead atoms. The summed E-state index contributed by atoms with van der Waals surface area (Å²) in [5, 5.41) is 0.620. The normalized spacial score (nSPS) is 12.3. The van der Waals surface area contributed by atoms with Crippen molar-refractivity contribution in [1.29, 1.82) is 0 Å². The van der Waals surface area contributed by atoms with Gasteiger partial charge in [0.1, 0.15) is 11.6 Å². The van der Waals surface area contributed by atoms with Gasteiger partial charge in [-0.1, -0.05) is 24.8 Å². The molecule has 1 heterocycles. The maximum Gasteiger partial charge on any atom is 0.307 e. The van der Waals surface area contributed by atoms with Crippen molar-refractivity contribution in [3.63, 3.8) is 0 Å². The number of nitrogens with zero attached hydrogens (tertiary/aromatic N) is 1. The Bertz CT molecular complexity index is 532. The Morgan fingerprint density at radius 1 is 1.56 bits per heavy atom. The number of aromatic nitrogens is 1. The van der Waals surface area contributed by atoms with Gasteiger partial charge in [0, 0.05) is 0 Å². The molecule has 0 aliphatic carbocycles. The van der Waals surface area contributed by atoms with Crippen LogP contribution in [0.1, 0.15) is 16.7 Å². The first kappa shape index (κ1) is 13.1. The van der Waals surface area contributed by atoms with Gasteiger partial charge in [0.15, 0.2) is 0 Å². The van der Waals surface area contributed by atoms with Crippen molar-refractivity contribution in [3.8, 4) is 0 Å². The van der Waals surface area contributed by atoms with Gasteiger partial charge in [0.2, 0.25) is 0 Å². The SMILES string of the molecule is C=CCOC(=O)CC(S)c1nc2ccccc2s1. The molecule has 18 heavy (non-hydrogen) atoms. The van der Waals surface area contributed by atoms with Crippen LogP contribution in [0.5, 0.6) is 0 Å². The molecule has 3 nitrogen and oxygen atoms in total. The Labute approximate surface area is 115 Å². The zero-order chi connectivity index (χ0) is 13.0. The number of esters is 1. The van der Waals surface area contributed by atoms with Crippen LogP contribution in [0.25, 0.3) is 10.2 Å². The van der Waals surface area contributed by atoms with E-state index in [0.29, 0.717) is 0 Å². The van der Waals surface area contributed by atoms with Crippen LogP contribution in [-0.2, 0) is 9.53 Å². The molecular formula is C13H13NO2S2. The van der Waals surface area contributed by atoms with Crippen LogP contribution >= 0.6 is 24.0 Å². The Hall–Kier alpha value is -1.33. The van der Waals surface area contributed by atoms with E-state index in [1.807, 2.05) is 24.3 Å². The van der Waals surface area contributed by atoms with Crippen LogP contribution in [0.2, 0.25) is 0 Å². The van der Waals surface area contributed by atoms with Crippen LogP contribution in [0, 0.1) is 0 Å². The Morgan fingerprint density at radius 3 is 3.06 bits per heavy atom. The number of thiazole rings is 1. The molecule has 0 aliphatic rings. The molecule has 0 radical (unpaired) electrons. The summed E-state index contributed by atoms with van der Waals surface area (Å²) in [6, 6.07) is 7.87. The van der Waals surface area contributed by atoms with Gasteiger partial charge in [0.05, 0.1) is 21.9 Å². The molecule has 1 aromatic heterocycles. The second-order valence-corrected chi connectivity index (χ2v) is 5.40. The van der Waals surface area contributed by atoms with E-state index < -0.39 is 0 Å². The summed E-state index contributed by atoms with van der Waals surface area (Å²) in [4.78, 5) is 15.9. The minimum Gasteiger partial charge on any atom is -0.461 e. The van der Waals surface area contributed by atoms with Crippen LogP contribution in [0.15, 0.2) is 36.9 Å². The van der Waals surface area contributed by atoms with E-state index in [-0.39, 0.29) is 24.2 Å². The summed E-state index contributed by atoms with van der Waals surface area (Å²) in [5.74, 6) is -0.283. The predicted octanol–water partition coefficient (Wildman–Crippen LogP) is 3.39. The highest BCUT2D eigenvalue weighted by Gasteiger charge is 2.16. The molecule has 1 atom stereocenters. The molecule has 1 aromatic carbocycles. The molecule has 2 aromatic rings. The van der Waals surface area contributed by atoms with Crippen molar-refractivity contribution < 1.29 is 9.53 Å². The first-order valence-electron chi connectivity index (χ1n) is 5.50. The van der Waals surface area contributed by atoms with Crippen molar-refractivity contribution in [3.05, 3.63) is 41.9 Å². The van der Waals surface area contributed by atoms with E-state index in [9.17, 15) is 4.79 Å². The van der Waals surface area contributed by atoms with Gasteiger partial charge >= 0.3 is 5.97 Å². The predicted molar refractivity (Wildman–Crippen MR) is 77.1 cm³/mol. The largest absolute Gasteiger partial charge is 0.461 e. The topological polar surface area (TPSA) is 39.2 Å². The Kier molecular flexibility index (Phi) is 4.38. The van der Waals surface area contributed by atoms with Gasteiger partial charge in [-0.3, -0.25) is 4.79 Å². The van der Waals surface area contributed by atoms with Crippen LogP contribution in [0.4, 0.5) is 0 Å². The Morgan fingerprint density at radius 2 is 2.33 bits per heavy atom. The average molecular weight is 279 g/mol. The second-order valence-electron chi connectivity index (χ2n) is 3.71. The fourth-order valence-corrected chi connectivity index (χ4v) is 2.81. The van der Waals surface area contributed by atoms with Crippen molar-refractivity contribution in [2.24, 2.45) is 0 Å². The number of carbonyl (C=O) groups is 1. The lowest BCUT2D eigenvalue weighted by Crippen LogP contribution is -2.07. The molecule has 0 saturated heterocycles. The zero-order valence-electron chi connectivity index (χ0n) is 9.70. The van der Waals surface area contributed by atoms with Crippen LogP contribution in [-0.4, -0.2) is 17.6 Å². The highest BCUT2D eigenvalue weighted by atomic mass is 32.1. The minimum atomic E-state index is -0.283. The number of hydrogen-bond acceptors (Lipinski definition) is 5. The number of benzene rings is 1. The summed E-state index contributed by atoms with van der Waals surface area (Å²) < 4.78 is 6.03. The van der Waals surface area contributed by atoms with E-state index >= 15 is 0 Å². The molecule has 2 rings (SSSR count). The van der Waals surface area contributed by atoms with E-state index in [2.05, 4.69) is 24.2 Å². The molecule has 0 aliphatic heterocycles. The first-order chi connectivity index (χ1) is 8.70. The van der Waals surface area contributed by atoms with Crippen molar-refractivity contribution in [2.75, 3.05) is 6.61 Å². The molecular weight excluding hydrogens is 266 g/mol. The number of carbonyl (C=O) groups excluding carboxylic acids is 1. The zero-order valence-corrected chi connectivity index (χ0v) is 11.4.